The molecule has 4 aromatic heterocycles. The Balaban J connectivity index is 1.90. The van der Waals surface area contributed by atoms with E-state index in [1.54, 1.807) is 55.9 Å². The number of rotatable bonds is 7. The molecule has 0 atom stereocenters. The molecule has 1 aromatic carbocycles. The number of thiophene rings is 1. The minimum absolute atomic E-state index is 0.233. The number of fused-ring (bicyclic) bond motifs is 3. The van der Waals surface area contributed by atoms with Crippen LogP contribution in [0.4, 0.5) is 0 Å². The molecule has 0 amide bonds. The molecule has 0 radical (unpaired) electrons. The molecule has 0 aliphatic carbocycles. The average molecular weight is 476 g/mol. The third kappa shape index (κ3) is 3.71. The first-order valence-electron chi connectivity index (χ1n) is 10.6. The molecule has 0 saturated carbocycles. The highest BCUT2D eigenvalue weighted by Crippen LogP contribution is 2.43. The summed E-state index contributed by atoms with van der Waals surface area (Å²) in [6, 6.07) is 7.52. The van der Waals surface area contributed by atoms with E-state index >= 15 is 0 Å². The van der Waals surface area contributed by atoms with Gasteiger partial charge in [-0.05, 0) is 30.7 Å². The van der Waals surface area contributed by atoms with Gasteiger partial charge < -0.3 is 14.2 Å². The summed E-state index contributed by atoms with van der Waals surface area (Å²) in [6.45, 7) is 2.27. The highest BCUT2D eigenvalue weighted by atomic mass is 32.1. The van der Waals surface area contributed by atoms with Crippen molar-refractivity contribution in [2.45, 2.75) is 13.5 Å². The fourth-order valence-electron chi connectivity index (χ4n) is 3.98. The summed E-state index contributed by atoms with van der Waals surface area (Å²) in [7, 11) is 3.16. The number of benzene rings is 1. The molecule has 0 saturated heterocycles. The lowest BCUT2D eigenvalue weighted by Gasteiger charge is -2.17. The molecule has 0 unspecified atom stereocenters. The van der Waals surface area contributed by atoms with E-state index in [1.807, 2.05) is 24.3 Å². The first-order chi connectivity index (χ1) is 16.6. The second kappa shape index (κ2) is 9.06. The zero-order valence-corrected chi connectivity index (χ0v) is 19.6. The largest absolute Gasteiger partial charge is 0.493 e. The summed E-state index contributed by atoms with van der Waals surface area (Å²) in [4.78, 5) is 27.4. The highest BCUT2D eigenvalue weighted by Gasteiger charge is 2.27. The van der Waals surface area contributed by atoms with E-state index in [0.717, 1.165) is 25.9 Å². The minimum Gasteiger partial charge on any atom is -0.493 e. The molecule has 5 aromatic rings. The summed E-state index contributed by atoms with van der Waals surface area (Å²) in [5, 5.41) is 5.96. The molecule has 5 rings (SSSR count). The van der Waals surface area contributed by atoms with E-state index in [9.17, 15) is 4.79 Å². The van der Waals surface area contributed by atoms with Crippen molar-refractivity contribution >= 4 is 37.6 Å². The number of aromatic nitrogens is 5. The van der Waals surface area contributed by atoms with Crippen molar-refractivity contribution < 1.29 is 19.0 Å². The Morgan fingerprint density at radius 2 is 1.97 bits per heavy atom. The van der Waals surface area contributed by atoms with E-state index in [0.29, 0.717) is 28.3 Å². The van der Waals surface area contributed by atoms with Gasteiger partial charge in [-0.2, -0.15) is 5.10 Å². The number of esters is 1. The van der Waals surface area contributed by atoms with Crippen LogP contribution in [0.5, 0.6) is 11.5 Å². The third-order valence-electron chi connectivity index (χ3n) is 5.43. The molecule has 0 aliphatic heterocycles. The van der Waals surface area contributed by atoms with E-state index < -0.39 is 5.97 Å². The van der Waals surface area contributed by atoms with Crippen molar-refractivity contribution in [3.8, 4) is 22.6 Å². The minimum atomic E-state index is -0.458. The van der Waals surface area contributed by atoms with Gasteiger partial charge in [0.2, 0.25) is 0 Å². The van der Waals surface area contributed by atoms with E-state index in [-0.39, 0.29) is 13.2 Å². The average Bonchev–Trinajstić information content (AvgIpc) is 3.50. The van der Waals surface area contributed by atoms with Gasteiger partial charge in [0.05, 0.1) is 38.6 Å². The molecule has 172 valence electrons. The van der Waals surface area contributed by atoms with E-state index in [2.05, 4.69) is 15.1 Å². The Bertz CT molecular complexity index is 1500. The van der Waals surface area contributed by atoms with Crippen molar-refractivity contribution in [2.24, 2.45) is 0 Å². The normalized spacial score (nSPS) is 11.1. The molecular weight excluding hydrogens is 454 g/mol. The Morgan fingerprint density at radius 1 is 1.12 bits per heavy atom. The Labute approximate surface area is 199 Å². The monoisotopic (exact) mass is 475 g/mol. The quantitative estimate of drug-likeness (QED) is 0.320. The van der Waals surface area contributed by atoms with Crippen LogP contribution >= 0.6 is 11.3 Å². The van der Waals surface area contributed by atoms with Crippen LogP contribution in [-0.2, 0) is 11.3 Å². The number of methoxy groups -OCH3 is 2. The second-order valence-corrected chi connectivity index (χ2v) is 8.38. The molecule has 0 spiro atoms. The lowest BCUT2D eigenvalue weighted by Crippen LogP contribution is -2.15. The smallest absolute Gasteiger partial charge is 0.340 e. The van der Waals surface area contributed by atoms with E-state index in [1.165, 1.54) is 6.33 Å². The molecule has 0 N–H and O–H groups in total. The second-order valence-electron chi connectivity index (χ2n) is 7.35. The van der Waals surface area contributed by atoms with Crippen LogP contribution < -0.4 is 9.47 Å². The van der Waals surface area contributed by atoms with Crippen LogP contribution in [0.15, 0.2) is 49.3 Å². The standard InChI is InChI=1S/C24H21N5O4S/c1-4-33-24(30)22-16(11-29-13-26-12-27-29)28-23-21(15-10-25-8-7-19(15)34-23)20(22)14-5-6-17(31-2)18(9-14)32-3/h5-10,12-13H,4,11H2,1-3H3. The number of nitrogens with zero attached hydrogens (tertiary/aromatic N) is 5. The molecule has 4 heterocycles. The highest BCUT2D eigenvalue weighted by molar-refractivity contribution is 7.25. The molecule has 0 bridgehead atoms. The van der Waals surface area contributed by atoms with E-state index in [4.69, 9.17) is 19.2 Å². The Hall–Kier alpha value is -4.05. The number of pyridine rings is 2. The van der Waals surface area contributed by atoms with Crippen LogP contribution in [0.2, 0.25) is 0 Å². The van der Waals surface area contributed by atoms with Crippen LogP contribution in [-0.4, -0.2) is 51.5 Å². The lowest BCUT2D eigenvalue weighted by atomic mass is 9.94. The Kier molecular flexibility index (Phi) is 5.81. The fraction of sp³-hybridized carbons (Fsp3) is 0.208. The molecule has 9 nitrogen and oxygen atoms in total. The first-order valence-corrected chi connectivity index (χ1v) is 11.4. The molecule has 0 fully saturated rings. The van der Waals surface area contributed by atoms with Gasteiger partial charge in [-0.25, -0.2) is 19.4 Å². The number of hydrogen-bond donors (Lipinski definition) is 0. The number of carbonyl (C=O) groups excluding carboxylic acids is 1. The summed E-state index contributed by atoms with van der Waals surface area (Å²) < 4.78 is 19.1. The van der Waals surface area contributed by atoms with Gasteiger partial charge in [-0.15, -0.1) is 11.3 Å². The topological polar surface area (TPSA) is 101 Å². The van der Waals surface area contributed by atoms with Crippen molar-refractivity contribution in [1.82, 2.24) is 24.7 Å². The maximum Gasteiger partial charge on any atom is 0.340 e. The van der Waals surface area contributed by atoms with Crippen LogP contribution in [0.3, 0.4) is 0 Å². The van der Waals surface area contributed by atoms with Gasteiger partial charge in [-0.1, -0.05) is 6.07 Å². The van der Waals surface area contributed by atoms with Gasteiger partial charge >= 0.3 is 5.97 Å². The maximum absolute atomic E-state index is 13.4. The van der Waals surface area contributed by atoms with Gasteiger partial charge in [0.25, 0.3) is 0 Å². The predicted octanol–water partition coefficient (Wildman–Crippen LogP) is 4.35. The van der Waals surface area contributed by atoms with Crippen molar-refractivity contribution in [1.29, 1.82) is 0 Å². The lowest BCUT2D eigenvalue weighted by molar-refractivity contribution is 0.0525. The van der Waals surface area contributed by atoms with Gasteiger partial charge in [0.1, 0.15) is 17.5 Å². The van der Waals surface area contributed by atoms with Crippen molar-refractivity contribution in [2.75, 3.05) is 20.8 Å². The molecule has 0 aliphatic rings. The maximum atomic E-state index is 13.4. The summed E-state index contributed by atoms with van der Waals surface area (Å²) >= 11 is 1.54. The summed E-state index contributed by atoms with van der Waals surface area (Å²) in [5.74, 6) is 0.684. The Morgan fingerprint density at radius 3 is 2.71 bits per heavy atom. The first kappa shape index (κ1) is 21.8. The molecule has 10 heteroatoms. The number of carbonyl (C=O) groups is 1. The van der Waals surface area contributed by atoms with Gasteiger partial charge in [0.15, 0.2) is 11.5 Å². The van der Waals surface area contributed by atoms with Crippen LogP contribution in [0.1, 0.15) is 23.0 Å². The van der Waals surface area contributed by atoms with Crippen LogP contribution in [0.25, 0.3) is 31.4 Å². The summed E-state index contributed by atoms with van der Waals surface area (Å²) in [6.07, 6.45) is 6.58. The van der Waals surface area contributed by atoms with Crippen LogP contribution in [0, 0.1) is 0 Å². The molecular formula is C24H21N5O4S. The van der Waals surface area contributed by atoms with Gasteiger partial charge in [0, 0.05) is 33.4 Å². The van der Waals surface area contributed by atoms with Gasteiger partial charge in [-0.3, -0.25) is 4.98 Å². The van der Waals surface area contributed by atoms with Crippen molar-refractivity contribution in [3.63, 3.8) is 0 Å². The fourth-order valence-corrected chi connectivity index (χ4v) is 5.05. The SMILES string of the molecule is CCOC(=O)c1c(Cn2cncn2)nc2sc3ccncc3c2c1-c1ccc(OC)c(OC)c1. The molecule has 34 heavy (non-hydrogen) atoms. The van der Waals surface area contributed by atoms with Crippen molar-refractivity contribution in [3.05, 3.63) is 60.6 Å². The third-order valence-corrected chi connectivity index (χ3v) is 6.49. The number of ether oxygens (including phenoxy) is 3. The summed E-state index contributed by atoms with van der Waals surface area (Å²) in [5.41, 5.74) is 2.40. The predicted molar refractivity (Wildman–Crippen MR) is 129 cm³/mol. The zero-order valence-electron chi connectivity index (χ0n) is 18.8. The number of hydrogen-bond acceptors (Lipinski definition) is 9. The zero-order chi connectivity index (χ0) is 23.7.